The zero-order valence-electron chi connectivity index (χ0n) is 6.21. The van der Waals surface area contributed by atoms with Crippen molar-refractivity contribution in [2.24, 2.45) is 0 Å². The Morgan fingerprint density at radius 1 is 1.50 bits per heavy atom. The summed E-state index contributed by atoms with van der Waals surface area (Å²) in [6.45, 7) is 2.28. The predicted molar refractivity (Wildman–Crippen MR) is 43.0 cm³/mol. The van der Waals surface area contributed by atoms with E-state index in [1.54, 1.807) is 0 Å². The fraction of sp³-hybridized carbons (Fsp3) is 0.750. The van der Waals surface area contributed by atoms with E-state index < -0.39 is 0 Å². The van der Waals surface area contributed by atoms with Gasteiger partial charge in [0.2, 0.25) is 0 Å². The number of rotatable bonds is 1. The van der Waals surface area contributed by atoms with E-state index in [-0.39, 0.29) is 0 Å². The minimum atomic E-state index is 0.907. The van der Waals surface area contributed by atoms with Crippen LogP contribution in [0, 0.1) is 0 Å². The standard InChI is InChI=1S/C8H12BN/c9-7-3-5-10(6-4-7)8-1-2-8/h3,8H,1-2,4-6H2. The Labute approximate surface area is 63.5 Å². The van der Waals surface area contributed by atoms with Gasteiger partial charge in [0.05, 0.1) is 0 Å². The highest BCUT2D eigenvalue weighted by molar-refractivity contribution is 6.21. The second kappa shape index (κ2) is 2.42. The summed E-state index contributed by atoms with van der Waals surface area (Å²) in [5, 5.41) is 0. The lowest BCUT2D eigenvalue weighted by molar-refractivity contribution is 0.287. The average molecular weight is 133 g/mol. The van der Waals surface area contributed by atoms with Crippen molar-refractivity contribution >= 4 is 7.85 Å². The fourth-order valence-electron chi connectivity index (χ4n) is 1.47. The maximum Gasteiger partial charge on any atom is 0.107 e. The van der Waals surface area contributed by atoms with Gasteiger partial charge in [0.15, 0.2) is 0 Å². The molecule has 10 heavy (non-hydrogen) atoms. The van der Waals surface area contributed by atoms with Gasteiger partial charge in [-0.3, -0.25) is 4.90 Å². The Hall–Kier alpha value is -0.235. The largest absolute Gasteiger partial charge is 0.296 e. The molecule has 0 unspecified atom stereocenters. The highest BCUT2D eigenvalue weighted by atomic mass is 15.2. The molecule has 2 radical (unpaired) electrons. The maximum absolute atomic E-state index is 5.65. The van der Waals surface area contributed by atoms with Crippen molar-refractivity contribution in [2.45, 2.75) is 25.3 Å². The van der Waals surface area contributed by atoms with Crippen molar-refractivity contribution in [3.63, 3.8) is 0 Å². The van der Waals surface area contributed by atoms with Crippen LogP contribution in [-0.2, 0) is 0 Å². The van der Waals surface area contributed by atoms with Crippen LogP contribution >= 0.6 is 0 Å². The molecule has 0 aromatic heterocycles. The molecule has 1 aliphatic carbocycles. The van der Waals surface area contributed by atoms with E-state index in [2.05, 4.69) is 11.0 Å². The molecule has 0 N–H and O–H groups in total. The summed E-state index contributed by atoms with van der Waals surface area (Å²) < 4.78 is 0. The highest BCUT2D eigenvalue weighted by Crippen LogP contribution is 2.28. The van der Waals surface area contributed by atoms with Gasteiger partial charge in [-0.25, -0.2) is 0 Å². The quantitative estimate of drug-likeness (QED) is 0.480. The minimum absolute atomic E-state index is 0.907. The van der Waals surface area contributed by atoms with Crippen LogP contribution in [0.15, 0.2) is 11.5 Å². The van der Waals surface area contributed by atoms with E-state index in [1.807, 2.05) is 0 Å². The van der Waals surface area contributed by atoms with Crippen molar-refractivity contribution in [2.75, 3.05) is 13.1 Å². The van der Waals surface area contributed by atoms with Gasteiger partial charge >= 0.3 is 0 Å². The Bertz CT molecular complexity index is 161. The van der Waals surface area contributed by atoms with Crippen molar-refractivity contribution < 1.29 is 0 Å². The monoisotopic (exact) mass is 133 g/mol. The smallest absolute Gasteiger partial charge is 0.107 e. The van der Waals surface area contributed by atoms with E-state index in [9.17, 15) is 0 Å². The van der Waals surface area contributed by atoms with E-state index >= 15 is 0 Å². The van der Waals surface area contributed by atoms with Gasteiger partial charge < -0.3 is 0 Å². The fourth-order valence-corrected chi connectivity index (χ4v) is 1.47. The molecule has 1 nitrogen and oxygen atoms in total. The first-order valence-electron chi connectivity index (χ1n) is 4.05. The summed E-state index contributed by atoms with van der Waals surface area (Å²) >= 11 is 0. The van der Waals surface area contributed by atoms with Crippen LogP contribution < -0.4 is 0 Å². The topological polar surface area (TPSA) is 3.24 Å². The number of hydrogen-bond acceptors (Lipinski definition) is 1. The lowest BCUT2D eigenvalue weighted by atomic mass is 9.90. The maximum atomic E-state index is 5.65. The Morgan fingerprint density at radius 3 is 2.80 bits per heavy atom. The third kappa shape index (κ3) is 1.26. The second-order valence-corrected chi connectivity index (χ2v) is 3.26. The minimum Gasteiger partial charge on any atom is -0.296 e. The number of nitrogens with zero attached hydrogens (tertiary/aromatic N) is 1. The highest BCUT2D eigenvalue weighted by Gasteiger charge is 2.28. The molecule has 0 spiro atoms. The first-order chi connectivity index (χ1) is 4.86. The molecule has 0 atom stereocenters. The van der Waals surface area contributed by atoms with Crippen LogP contribution in [0.1, 0.15) is 19.3 Å². The molecule has 1 fully saturated rings. The molecule has 1 saturated carbocycles. The SMILES string of the molecule is [B]C1=CCN(C2CC2)CC1. The van der Waals surface area contributed by atoms with Crippen LogP contribution in [0.5, 0.6) is 0 Å². The number of hydrogen-bond donors (Lipinski definition) is 0. The zero-order chi connectivity index (χ0) is 6.97. The summed E-state index contributed by atoms with van der Waals surface area (Å²) in [7, 11) is 5.65. The van der Waals surface area contributed by atoms with Gasteiger partial charge in [-0.15, -0.1) is 5.47 Å². The van der Waals surface area contributed by atoms with E-state index in [0.717, 1.165) is 24.5 Å². The van der Waals surface area contributed by atoms with Crippen molar-refractivity contribution in [3.05, 3.63) is 11.5 Å². The van der Waals surface area contributed by atoms with Crippen LogP contribution in [-0.4, -0.2) is 31.9 Å². The Kier molecular flexibility index (Phi) is 1.57. The molecule has 0 bridgehead atoms. The molecule has 0 amide bonds. The van der Waals surface area contributed by atoms with Crippen LogP contribution in [0.2, 0.25) is 0 Å². The van der Waals surface area contributed by atoms with Crippen LogP contribution in [0.3, 0.4) is 0 Å². The molecule has 0 saturated heterocycles. The van der Waals surface area contributed by atoms with E-state index in [0.29, 0.717) is 0 Å². The third-order valence-corrected chi connectivity index (χ3v) is 2.34. The molecule has 0 aromatic rings. The summed E-state index contributed by atoms with van der Waals surface area (Å²) in [4.78, 5) is 2.52. The first-order valence-corrected chi connectivity index (χ1v) is 4.05. The summed E-state index contributed by atoms with van der Waals surface area (Å²) in [5.41, 5.74) is 1.08. The normalized spacial score (nSPS) is 28.2. The molecule has 1 heterocycles. The molecule has 2 rings (SSSR count). The lowest BCUT2D eigenvalue weighted by Gasteiger charge is -2.24. The molecule has 1 aliphatic heterocycles. The van der Waals surface area contributed by atoms with Crippen molar-refractivity contribution in [3.8, 4) is 0 Å². The van der Waals surface area contributed by atoms with Crippen molar-refractivity contribution in [1.82, 2.24) is 4.90 Å². The molecular formula is C8H12BN. The van der Waals surface area contributed by atoms with E-state index in [4.69, 9.17) is 7.85 Å². The van der Waals surface area contributed by atoms with Crippen LogP contribution in [0.4, 0.5) is 0 Å². The first kappa shape index (κ1) is 6.47. The second-order valence-electron chi connectivity index (χ2n) is 3.26. The molecular weight excluding hydrogens is 121 g/mol. The van der Waals surface area contributed by atoms with Gasteiger partial charge in [0.25, 0.3) is 0 Å². The van der Waals surface area contributed by atoms with Crippen LogP contribution in [0.25, 0.3) is 0 Å². The lowest BCUT2D eigenvalue weighted by Crippen LogP contribution is -2.30. The third-order valence-electron chi connectivity index (χ3n) is 2.34. The molecule has 0 aromatic carbocycles. The molecule has 52 valence electrons. The summed E-state index contributed by atoms with van der Waals surface area (Å²) in [5.74, 6) is 0. The van der Waals surface area contributed by atoms with Gasteiger partial charge in [-0.2, -0.15) is 0 Å². The van der Waals surface area contributed by atoms with Gasteiger partial charge in [0.1, 0.15) is 7.85 Å². The zero-order valence-corrected chi connectivity index (χ0v) is 6.21. The Balaban J connectivity index is 1.91. The Morgan fingerprint density at radius 2 is 2.30 bits per heavy atom. The summed E-state index contributed by atoms with van der Waals surface area (Å²) in [6.07, 6.45) is 6.06. The molecule has 2 aliphatic rings. The van der Waals surface area contributed by atoms with Crippen molar-refractivity contribution in [1.29, 1.82) is 0 Å². The van der Waals surface area contributed by atoms with Gasteiger partial charge in [0, 0.05) is 19.1 Å². The predicted octanol–water partition coefficient (Wildman–Crippen LogP) is 0.907. The summed E-state index contributed by atoms with van der Waals surface area (Å²) in [6, 6.07) is 0.907. The average Bonchev–Trinajstić information content (AvgIpc) is 2.71. The van der Waals surface area contributed by atoms with Gasteiger partial charge in [-0.05, 0) is 19.3 Å². The van der Waals surface area contributed by atoms with Gasteiger partial charge in [-0.1, -0.05) is 6.08 Å². The van der Waals surface area contributed by atoms with E-state index in [1.165, 1.54) is 19.4 Å². The molecule has 2 heteroatoms.